The highest BCUT2D eigenvalue weighted by molar-refractivity contribution is 5.62. The summed E-state index contributed by atoms with van der Waals surface area (Å²) < 4.78 is 0. The van der Waals surface area contributed by atoms with Crippen molar-refractivity contribution in [3.63, 3.8) is 0 Å². The molecular formula is C14H21N3O2. The first-order valence-electron chi connectivity index (χ1n) is 6.84. The summed E-state index contributed by atoms with van der Waals surface area (Å²) in [6, 6.07) is 5.91. The molecule has 0 saturated heterocycles. The number of aryl methyl sites for hydroxylation is 1. The molecule has 0 heterocycles. The number of nitrogens with one attached hydrogen (secondary N) is 1. The van der Waals surface area contributed by atoms with Gasteiger partial charge in [0, 0.05) is 25.2 Å². The third-order valence-corrected chi connectivity index (χ3v) is 3.53. The average Bonchev–Trinajstić information content (AvgIpc) is 3.18. The van der Waals surface area contributed by atoms with Crippen LogP contribution in [0.3, 0.4) is 0 Å². The molecule has 1 N–H and O–H groups in total. The van der Waals surface area contributed by atoms with Crippen LogP contribution in [-0.4, -0.2) is 35.5 Å². The first-order chi connectivity index (χ1) is 9.11. The normalized spacial score (nSPS) is 14.7. The molecule has 5 heteroatoms. The molecule has 1 fully saturated rings. The summed E-state index contributed by atoms with van der Waals surface area (Å²) in [6.45, 7) is 6.83. The predicted molar refractivity (Wildman–Crippen MR) is 76.6 cm³/mol. The molecule has 0 bridgehead atoms. The van der Waals surface area contributed by atoms with Crippen LogP contribution in [-0.2, 0) is 0 Å². The smallest absolute Gasteiger partial charge is 0.292 e. The Morgan fingerprint density at radius 2 is 2.21 bits per heavy atom. The lowest BCUT2D eigenvalue weighted by Gasteiger charge is -2.20. The van der Waals surface area contributed by atoms with Crippen molar-refractivity contribution in [1.82, 2.24) is 4.90 Å². The maximum absolute atomic E-state index is 11.0. The second-order valence-corrected chi connectivity index (χ2v) is 5.06. The van der Waals surface area contributed by atoms with Crippen LogP contribution < -0.4 is 5.32 Å². The third kappa shape index (κ3) is 3.67. The van der Waals surface area contributed by atoms with Crippen molar-refractivity contribution >= 4 is 11.4 Å². The second-order valence-electron chi connectivity index (χ2n) is 5.06. The lowest BCUT2D eigenvalue weighted by atomic mass is 10.2. The van der Waals surface area contributed by atoms with Crippen LogP contribution in [0.5, 0.6) is 0 Å². The molecule has 104 valence electrons. The zero-order valence-electron chi connectivity index (χ0n) is 11.6. The zero-order valence-corrected chi connectivity index (χ0v) is 11.6. The van der Waals surface area contributed by atoms with Gasteiger partial charge in [0.2, 0.25) is 0 Å². The number of anilines is 1. The Bertz CT molecular complexity index is 458. The Balaban J connectivity index is 1.94. The minimum atomic E-state index is -0.333. The zero-order chi connectivity index (χ0) is 13.8. The van der Waals surface area contributed by atoms with E-state index in [1.165, 1.54) is 12.8 Å². The van der Waals surface area contributed by atoms with Crippen molar-refractivity contribution in [2.45, 2.75) is 32.7 Å². The first kappa shape index (κ1) is 13.8. The van der Waals surface area contributed by atoms with E-state index in [4.69, 9.17) is 0 Å². The molecule has 0 amide bonds. The quantitative estimate of drug-likeness (QED) is 0.607. The SMILES string of the molecule is CCN(CCNc1cc(C)ccc1[N+](=O)[O-])C1CC1. The number of nitro benzene ring substituents is 1. The number of likely N-dealkylation sites (N-methyl/N-ethyl adjacent to an activating group) is 1. The number of benzene rings is 1. The molecule has 1 saturated carbocycles. The van der Waals surface area contributed by atoms with Gasteiger partial charge in [0.05, 0.1) is 4.92 Å². The van der Waals surface area contributed by atoms with Gasteiger partial charge in [0.1, 0.15) is 5.69 Å². The summed E-state index contributed by atoms with van der Waals surface area (Å²) in [5.41, 5.74) is 1.81. The molecule has 1 aliphatic carbocycles. The summed E-state index contributed by atoms with van der Waals surface area (Å²) in [4.78, 5) is 13.1. The Morgan fingerprint density at radius 1 is 1.47 bits per heavy atom. The Morgan fingerprint density at radius 3 is 2.79 bits per heavy atom. The molecule has 1 aliphatic rings. The average molecular weight is 263 g/mol. The van der Waals surface area contributed by atoms with Gasteiger partial charge in [0.25, 0.3) is 5.69 Å². The number of nitrogens with zero attached hydrogens (tertiary/aromatic N) is 2. The van der Waals surface area contributed by atoms with Crippen molar-refractivity contribution in [2.75, 3.05) is 25.0 Å². The lowest BCUT2D eigenvalue weighted by Crippen LogP contribution is -2.31. The van der Waals surface area contributed by atoms with E-state index in [0.29, 0.717) is 5.69 Å². The molecule has 19 heavy (non-hydrogen) atoms. The van der Waals surface area contributed by atoms with Gasteiger partial charge < -0.3 is 5.32 Å². The Hall–Kier alpha value is -1.62. The monoisotopic (exact) mass is 263 g/mol. The summed E-state index contributed by atoms with van der Waals surface area (Å²) in [6.07, 6.45) is 2.58. The topological polar surface area (TPSA) is 58.4 Å². The minimum absolute atomic E-state index is 0.153. The van der Waals surface area contributed by atoms with Gasteiger partial charge in [-0.2, -0.15) is 0 Å². The van der Waals surface area contributed by atoms with E-state index in [2.05, 4.69) is 17.1 Å². The Kier molecular flexibility index (Phi) is 4.37. The molecule has 0 spiro atoms. The van der Waals surface area contributed by atoms with Gasteiger partial charge in [-0.25, -0.2) is 0 Å². The molecule has 1 aromatic rings. The number of rotatable bonds is 7. The van der Waals surface area contributed by atoms with Gasteiger partial charge in [-0.05, 0) is 37.9 Å². The molecule has 0 radical (unpaired) electrons. The van der Waals surface area contributed by atoms with Gasteiger partial charge in [-0.1, -0.05) is 13.0 Å². The van der Waals surface area contributed by atoms with Crippen LogP contribution in [0.25, 0.3) is 0 Å². The van der Waals surface area contributed by atoms with Crippen molar-refractivity contribution in [3.05, 3.63) is 33.9 Å². The van der Waals surface area contributed by atoms with Crippen LogP contribution in [0, 0.1) is 17.0 Å². The number of nitro groups is 1. The van der Waals surface area contributed by atoms with E-state index in [1.807, 2.05) is 13.0 Å². The van der Waals surface area contributed by atoms with Crippen molar-refractivity contribution in [3.8, 4) is 0 Å². The molecule has 0 unspecified atom stereocenters. The standard InChI is InChI=1S/C14H21N3O2/c1-3-16(12-5-6-12)9-8-15-13-10-11(2)4-7-14(13)17(18)19/h4,7,10,12,15H,3,5-6,8-9H2,1-2H3. The first-order valence-corrected chi connectivity index (χ1v) is 6.84. The molecular weight excluding hydrogens is 242 g/mol. The summed E-state index contributed by atoms with van der Waals surface area (Å²) in [5.74, 6) is 0. The van der Waals surface area contributed by atoms with Crippen molar-refractivity contribution < 1.29 is 4.92 Å². The summed E-state index contributed by atoms with van der Waals surface area (Å²) in [5, 5.41) is 14.2. The number of hydrogen-bond acceptors (Lipinski definition) is 4. The fourth-order valence-electron chi connectivity index (χ4n) is 2.32. The van der Waals surface area contributed by atoms with Gasteiger partial charge in [-0.3, -0.25) is 15.0 Å². The van der Waals surface area contributed by atoms with Crippen molar-refractivity contribution in [2.24, 2.45) is 0 Å². The summed E-state index contributed by atoms with van der Waals surface area (Å²) >= 11 is 0. The van der Waals surface area contributed by atoms with Crippen LogP contribution in [0.1, 0.15) is 25.3 Å². The van der Waals surface area contributed by atoms with Crippen LogP contribution in [0.4, 0.5) is 11.4 Å². The number of hydrogen-bond donors (Lipinski definition) is 1. The van der Waals surface area contributed by atoms with Gasteiger partial charge >= 0.3 is 0 Å². The second kappa shape index (κ2) is 6.02. The Labute approximate surface area is 113 Å². The van der Waals surface area contributed by atoms with E-state index in [1.54, 1.807) is 12.1 Å². The largest absolute Gasteiger partial charge is 0.378 e. The maximum atomic E-state index is 11.0. The van der Waals surface area contributed by atoms with Crippen LogP contribution in [0.15, 0.2) is 18.2 Å². The maximum Gasteiger partial charge on any atom is 0.292 e. The van der Waals surface area contributed by atoms with Crippen molar-refractivity contribution in [1.29, 1.82) is 0 Å². The molecule has 0 aromatic heterocycles. The van der Waals surface area contributed by atoms with Gasteiger partial charge in [-0.15, -0.1) is 0 Å². The van der Waals surface area contributed by atoms with E-state index in [-0.39, 0.29) is 10.6 Å². The highest BCUT2D eigenvalue weighted by Gasteiger charge is 2.27. The fraction of sp³-hybridized carbons (Fsp3) is 0.571. The molecule has 5 nitrogen and oxygen atoms in total. The molecule has 0 aliphatic heterocycles. The lowest BCUT2D eigenvalue weighted by molar-refractivity contribution is -0.384. The van der Waals surface area contributed by atoms with Gasteiger partial charge in [0.15, 0.2) is 0 Å². The molecule has 1 aromatic carbocycles. The van der Waals surface area contributed by atoms with E-state index in [9.17, 15) is 10.1 Å². The van der Waals surface area contributed by atoms with E-state index >= 15 is 0 Å². The van der Waals surface area contributed by atoms with E-state index < -0.39 is 0 Å². The van der Waals surface area contributed by atoms with Crippen LogP contribution >= 0.6 is 0 Å². The summed E-state index contributed by atoms with van der Waals surface area (Å²) in [7, 11) is 0. The third-order valence-electron chi connectivity index (χ3n) is 3.53. The molecule has 2 rings (SSSR count). The highest BCUT2D eigenvalue weighted by atomic mass is 16.6. The minimum Gasteiger partial charge on any atom is -0.378 e. The van der Waals surface area contributed by atoms with E-state index in [0.717, 1.165) is 31.2 Å². The van der Waals surface area contributed by atoms with Crippen LogP contribution in [0.2, 0.25) is 0 Å². The fourth-order valence-corrected chi connectivity index (χ4v) is 2.32. The molecule has 0 atom stereocenters. The highest BCUT2D eigenvalue weighted by Crippen LogP contribution is 2.27. The predicted octanol–water partition coefficient (Wildman–Crippen LogP) is 2.80.